The van der Waals surface area contributed by atoms with Crippen LogP contribution in [0.15, 0.2) is 0 Å². The van der Waals surface area contributed by atoms with E-state index in [9.17, 15) is 9.59 Å². The van der Waals surface area contributed by atoms with Crippen molar-refractivity contribution in [3.05, 3.63) is 0 Å². The number of hydrogen-bond donors (Lipinski definition) is 2. The molecule has 1 saturated heterocycles. The summed E-state index contributed by atoms with van der Waals surface area (Å²) in [6.45, 7) is 4.83. The van der Waals surface area contributed by atoms with Gasteiger partial charge in [0.1, 0.15) is 0 Å². The summed E-state index contributed by atoms with van der Waals surface area (Å²) in [5, 5.41) is 11.5. The van der Waals surface area contributed by atoms with Crippen LogP contribution in [0.2, 0.25) is 0 Å². The normalized spacial score (nSPS) is 23.2. The van der Waals surface area contributed by atoms with E-state index in [1.807, 2.05) is 4.90 Å². The molecule has 0 aliphatic carbocycles. The molecule has 1 fully saturated rings. The highest BCUT2D eigenvalue weighted by molar-refractivity contribution is 5.75. The number of carbonyl (C=O) groups excluding carboxylic acids is 1. The summed E-state index contributed by atoms with van der Waals surface area (Å²) in [5.41, 5.74) is 0. The molecule has 1 rings (SSSR count). The molecule has 5 heteroatoms. The maximum Gasteiger partial charge on any atom is 0.317 e. The molecule has 2 N–H and O–H groups in total. The summed E-state index contributed by atoms with van der Waals surface area (Å²) in [4.78, 5) is 24.4. The van der Waals surface area contributed by atoms with Gasteiger partial charge in [0.2, 0.25) is 0 Å². The van der Waals surface area contributed by atoms with Crippen LogP contribution in [0.25, 0.3) is 0 Å². The molecule has 0 bridgehead atoms. The Labute approximate surface area is 115 Å². The largest absolute Gasteiger partial charge is 0.481 e. The van der Waals surface area contributed by atoms with E-state index in [1.165, 1.54) is 6.42 Å². The number of piperidine rings is 1. The smallest absolute Gasteiger partial charge is 0.317 e. The Morgan fingerprint density at radius 3 is 2.37 bits per heavy atom. The van der Waals surface area contributed by atoms with Gasteiger partial charge in [0.15, 0.2) is 0 Å². The van der Waals surface area contributed by atoms with E-state index < -0.39 is 5.97 Å². The first-order chi connectivity index (χ1) is 9.02. The predicted octanol–water partition coefficient (Wildman–Crippen LogP) is 2.60. The quantitative estimate of drug-likeness (QED) is 0.729. The van der Waals surface area contributed by atoms with Crippen LogP contribution in [0.5, 0.6) is 0 Å². The molecule has 19 heavy (non-hydrogen) atoms. The number of urea groups is 1. The van der Waals surface area contributed by atoms with Crippen LogP contribution in [0.1, 0.15) is 58.8 Å². The van der Waals surface area contributed by atoms with Gasteiger partial charge in [-0.3, -0.25) is 4.79 Å². The van der Waals surface area contributed by atoms with Gasteiger partial charge in [0, 0.05) is 25.0 Å². The SMILES string of the molecule is CC1CCCC(C)N1C(=O)NCCCCCC(=O)O. The molecule has 2 unspecified atom stereocenters. The van der Waals surface area contributed by atoms with E-state index in [0.717, 1.165) is 25.7 Å². The van der Waals surface area contributed by atoms with E-state index >= 15 is 0 Å². The number of unbranched alkanes of at least 4 members (excludes halogenated alkanes) is 2. The highest BCUT2D eigenvalue weighted by Gasteiger charge is 2.28. The molecule has 0 aromatic carbocycles. The summed E-state index contributed by atoms with van der Waals surface area (Å²) in [6.07, 6.45) is 5.94. The number of nitrogens with one attached hydrogen (secondary N) is 1. The number of carbonyl (C=O) groups is 2. The molecule has 2 amide bonds. The topological polar surface area (TPSA) is 69.6 Å². The third-order valence-corrected chi connectivity index (χ3v) is 3.77. The van der Waals surface area contributed by atoms with Crippen molar-refractivity contribution < 1.29 is 14.7 Å². The van der Waals surface area contributed by atoms with Gasteiger partial charge in [-0.05, 0) is 46.0 Å². The molecular formula is C14H26N2O3. The first kappa shape index (κ1) is 15.8. The molecule has 0 aromatic heterocycles. The number of carboxylic acids is 1. The number of hydrogen-bond acceptors (Lipinski definition) is 2. The van der Waals surface area contributed by atoms with Crippen LogP contribution in [0.4, 0.5) is 4.79 Å². The summed E-state index contributed by atoms with van der Waals surface area (Å²) in [5.74, 6) is -0.750. The van der Waals surface area contributed by atoms with Crippen molar-refractivity contribution in [2.75, 3.05) is 6.54 Å². The number of amides is 2. The van der Waals surface area contributed by atoms with Crippen LogP contribution in [-0.4, -0.2) is 40.6 Å². The first-order valence-electron chi connectivity index (χ1n) is 7.30. The van der Waals surface area contributed by atoms with E-state index in [-0.39, 0.29) is 12.5 Å². The van der Waals surface area contributed by atoms with Gasteiger partial charge in [-0.15, -0.1) is 0 Å². The second-order valence-corrected chi connectivity index (χ2v) is 5.47. The third kappa shape index (κ3) is 5.49. The predicted molar refractivity (Wildman–Crippen MR) is 74.1 cm³/mol. The lowest BCUT2D eigenvalue weighted by atomic mass is 9.98. The van der Waals surface area contributed by atoms with Crippen molar-refractivity contribution in [2.45, 2.75) is 70.9 Å². The van der Waals surface area contributed by atoms with E-state index in [0.29, 0.717) is 25.0 Å². The Balaban J connectivity index is 2.17. The van der Waals surface area contributed by atoms with Crippen LogP contribution in [0, 0.1) is 0 Å². The molecular weight excluding hydrogens is 244 g/mol. The van der Waals surface area contributed by atoms with Crippen molar-refractivity contribution >= 4 is 12.0 Å². The molecule has 1 aliphatic rings. The van der Waals surface area contributed by atoms with Gasteiger partial charge >= 0.3 is 12.0 Å². The zero-order valence-electron chi connectivity index (χ0n) is 12.0. The maximum atomic E-state index is 12.1. The maximum absolute atomic E-state index is 12.1. The second kappa shape index (κ2) is 8.02. The minimum Gasteiger partial charge on any atom is -0.481 e. The Morgan fingerprint density at radius 1 is 1.16 bits per heavy atom. The average molecular weight is 270 g/mol. The minimum absolute atomic E-state index is 0.0259. The number of nitrogens with zero attached hydrogens (tertiary/aromatic N) is 1. The van der Waals surface area contributed by atoms with Crippen LogP contribution in [0.3, 0.4) is 0 Å². The fourth-order valence-electron chi connectivity index (χ4n) is 2.69. The highest BCUT2D eigenvalue weighted by Crippen LogP contribution is 2.22. The van der Waals surface area contributed by atoms with Gasteiger partial charge in [0.25, 0.3) is 0 Å². The van der Waals surface area contributed by atoms with E-state index in [2.05, 4.69) is 19.2 Å². The molecule has 5 nitrogen and oxygen atoms in total. The van der Waals surface area contributed by atoms with Gasteiger partial charge in [-0.1, -0.05) is 6.42 Å². The zero-order valence-corrected chi connectivity index (χ0v) is 12.0. The molecule has 110 valence electrons. The zero-order chi connectivity index (χ0) is 14.3. The van der Waals surface area contributed by atoms with Gasteiger partial charge < -0.3 is 15.3 Å². The summed E-state index contributed by atoms with van der Waals surface area (Å²) < 4.78 is 0. The third-order valence-electron chi connectivity index (χ3n) is 3.77. The molecule has 0 radical (unpaired) electrons. The first-order valence-corrected chi connectivity index (χ1v) is 7.30. The lowest BCUT2D eigenvalue weighted by molar-refractivity contribution is -0.137. The summed E-state index contributed by atoms with van der Waals surface area (Å²) in [7, 11) is 0. The number of aliphatic carboxylic acids is 1. The summed E-state index contributed by atoms with van der Waals surface area (Å²) in [6, 6.07) is 0.657. The lowest BCUT2D eigenvalue weighted by Gasteiger charge is -2.38. The molecule has 2 atom stereocenters. The number of rotatable bonds is 6. The summed E-state index contributed by atoms with van der Waals surface area (Å²) >= 11 is 0. The van der Waals surface area contributed by atoms with Crippen LogP contribution in [-0.2, 0) is 4.79 Å². The van der Waals surface area contributed by atoms with Crippen molar-refractivity contribution in [1.29, 1.82) is 0 Å². The number of carboxylic acid groups (broad SMARTS) is 1. The number of likely N-dealkylation sites (tertiary alicyclic amines) is 1. The van der Waals surface area contributed by atoms with Crippen LogP contribution < -0.4 is 5.32 Å². The van der Waals surface area contributed by atoms with Gasteiger partial charge in [-0.25, -0.2) is 4.79 Å². The van der Waals surface area contributed by atoms with Crippen molar-refractivity contribution in [3.8, 4) is 0 Å². The Morgan fingerprint density at radius 2 is 1.79 bits per heavy atom. The monoisotopic (exact) mass is 270 g/mol. The fourth-order valence-corrected chi connectivity index (χ4v) is 2.69. The molecule has 1 aliphatic heterocycles. The van der Waals surface area contributed by atoms with Crippen molar-refractivity contribution in [3.63, 3.8) is 0 Å². The Hall–Kier alpha value is -1.26. The van der Waals surface area contributed by atoms with Crippen LogP contribution >= 0.6 is 0 Å². The van der Waals surface area contributed by atoms with Gasteiger partial charge in [-0.2, -0.15) is 0 Å². The van der Waals surface area contributed by atoms with Gasteiger partial charge in [0.05, 0.1) is 0 Å². The fraction of sp³-hybridized carbons (Fsp3) is 0.857. The standard InChI is InChI=1S/C14H26N2O3/c1-11-7-6-8-12(2)16(11)14(19)15-10-5-3-4-9-13(17)18/h11-12H,3-10H2,1-2H3,(H,15,19)(H,17,18). The highest BCUT2D eigenvalue weighted by atomic mass is 16.4. The molecule has 0 aromatic rings. The van der Waals surface area contributed by atoms with Crippen molar-refractivity contribution in [1.82, 2.24) is 10.2 Å². The van der Waals surface area contributed by atoms with E-state index in [1.54, 1.807) is 0 Å². The Bertz CT molecular complexity index is 297. The second-order valence-electron chi connectivity index (χ2n) is 5.47. The molecule has 0 spiro atoms. The van der Waals surface area contributed by atoms with E-state index in [4.69, 9.17) is 5.11 Å². The Kier molecular flexibility index (Phi) is 6.67. The van der Waals surface area contributed by atoms with Crippen molar-refractivity contribution in [2.24, 2.45) is 0 Å². The molecule has 1 heterocycles. The average Bonchev–Trinajstić information content (AvgIpc) is 2.33. The lowest BCUT2D eigenvalue weighted by Crippen LogP contribution is -2.51. The minimum atomic E-state index is -0.750. The molecule has 0 saturated carbocycles.